The number of likely N-dealkylation sites (tertiary alicyclic amines) is 1. The number of nitrogens with two attached hydrogens (primary N) is 1. The van der Waals surface area contributed by atoms with E-state index in [0.29, 0.717) is 6.10 Å². The Morgan fingerprint density at radius 1 is 1.26 bits per heavy atom. The topological polar surface area (TPSA) is 51.0 Å². The van der Waals surface area contributed by atoms with Crippen molar-refractivity contribution in [3.63, 3.8) is 0 Å². The minimum Gasteiger partial charge on any atom is -0.372 e. The van der Waals surface area contributed by atoms with E-state index in [0.717, 1.165) is 38.5 Å². The van der Waals surface area contributed by atoms with Crippen molar-refractivity contribution in [2.24, 2.45) is 11.8 Å². The fourth-order valence-electron chi connectivity index (χ4n) is 3.71. The minimum absolute atomic E-state index is 0.137. The van der Waals surface area contributed by atoms with E-state index in [4.69, 9.17) is 15.5 Å². The maximum Gasteiger partial charge on any atom is 0.0833 e. The predicted octanol–water partition coefficient (Wildman–Crippen LogP) is 0.452. The van der Waals surface area contributed by atoms with Crippen LogP contribution in [0.3, 0.4) is 0 Å². The van der Waals surface area contributed by atoms with Crippen molar-refractivity contribution in [3.05, 3.63) is 0 Å². The molecular weight excluding hydrogens is 242 g/mol. The molecule has 2 aliphatic heterocycles. The van der Waals surface area contributed by atoms with Gasteiger partial charge in [-0.2, -0.15) is 0 Å². The number of ether oxygens (including phenoxy) is 1. The Morgan fingerprint density at radius 3 is 2.68 bits per heavy atom. The molecule has 2 saturated heterocycles. The van der Waals surface area contributed by atoms with Gasteiger partial charge in [0.05, 0.1) is 18.3 Å². The third-order valence-electron chi connectivity index (χ3n) is 5.13. The molecule has 19 heavy (non-hydrogen) atoms. The molecule has 0 unspecified atom stereocenters. The van der Waals surface area contributed by atoms with Crippen LogP contribution >= 0.6 is 0 Å². The van der Waals surface area contributed by atoms with Gasteiger partial charge in [0.15, 0.2) is 0 Å². The van der Waals surface area contributed by atoms with Gasteiger partial charge < -0.3 is 14.5 Å². The number of morpholine rings is 1. The molecule has 2 N–H and O–H groups in total. The molecule has 1 spiro atoms. The van der Waals surface area contributed by atoms with Crippen LogP contribution in [0.4, 0.5) is 0 Å². The second-order valence-electron chi connectivity index (χ2n) is 6.67. The second-order valence-corrected chi connectivity index (χ2v) is 6.67. The minimum atomic E-state index is 0.137. The van der Waals surface area contributed by atoms with Crippen LogP contribution in [-0.4, -0.2) is 67.9 Å². The molecular formula is C14H27N3O2. The van der Waals surface area contributed by atoms with Crippen molar-refractivity contribution >= 4 is 0 Å². The molecule has 1 saturated carbocycles. The van der Waals surface area contributed by atoms with Gasteiger partial charge >= 0.3 is 0 Å². The fourth-order valence-corrected chi connectivity index (χ4v) is 3.71. The molecule has 2 heterocycles. The summed E-state index contributed by atoms with van der Waals surface area (Å²) in [6.45, 7) is 6.63. The lowest BCUT2D eigenvalue weighted by Gasteiger charge is -2.48. The van der Waals surface area contributed by atoms with Gasteiger partial charge in [-0.1, -0.05) is 0 Å². The molecule has 3 rings (SSSR count). The van der Waals surface area contributed by atoms with Crippen LogP contribution in [0, 0.1) is 5.92 Å². The van der Waals surface area contributed by atoms with Crippen LogP contribution in [0.2, 0.25) is 0 Å². The summed E-state index contributed by atoms with van der Waals surface area (Å²) in [6, 6.07) is 0. The SMILES string of the molecule is CN1CCC2(CC1)CN(CC1CC(ON)C1)CCO2. The highest BCUT2D eigenvalue weighted by Gasteiger charge is 2.40. The van der Waals surface area contributed by atoms with E-state index in [-0.39, 0.29) is 5.60 Å². The first-order valence-electron chi connectivity index (χ1n) is 7.59. The van der Waals surface area contributed by atoms with Crippen LogP contribution < -0.4 is 5.90 Å². The summed E-state index contributed by atoms with van der Waals surface area (Å²) in [5.41, 5.74) is 0.137. The van der Waals surface area contributed by atoms with Crippen LogP contribution in [-0.2, 0) is 9.57 Å². The lowest BCUT2D eigenvalue weighted by Crippen LogP contribution is -2.57. The Labute approximate surface area is 116 Å². The molecule has 3 fully saturated rings. The van der Waals surface area contributed by atoms with E-state index >= 15 is 0 Å². The van der Waals surface area contributed by atoms with Gasteiger partial charge in [0, 0.05) is 32.7 Å². The van der Waals surface area contributed by atoms with Crippen LogP contribution in [0.5, 0.6) is 0 Å². The molecule has 3 aliphatic rings. The van der Waals surface area contributed by atoms with Gasteiger partial charge in [0.1, 0.15) is 0 Å². The number of hydrogen-bond donors (Lipinski definition) is 1. The monoisotopic (exact) mass is 269 g/mol. The van der Waals surface area contributed by atoms with E-state index in [1.165, 1.54) is 32.5 Å². The molecule has 5 nitrogen and oxygen atoms in total. The first-order valence-corrected chi connectivity index (χ1v) is 7.59. The van der Waals surface area contributed by atoms with Gasteiger partial charge in [0.2, 0.25) is 0 Å². The maximum atomic E-state index is 6.15. The summed E-state index contributed by atoms with van der Waals surface area (Å²) in [6.07, 6.45) is 4.93. The van der Waals surface area contributed by atoms with E-state index in [1.54, 1.807) is 0 Å². The Balaban J connectivity index is 1.48. The Hall–Kier alpha value is -0.200. The van der Waals surface area contributed by atoms with Gasteiger partial charge in [-0.25, -0.2) is 5.90 Å². The van der Waals surface area contributed by atoms with E-state index in [9.17, 15) is 0 Å². The number of nitrogens with zero attached hydrogens (tertiary/aromatic N) is 2. The van der Waals surface area contributed by atoms with Crippen LogP contribution in [0.1, 0.15) is 25.7 Å². The Bertz CT molecular complexity index is 299. The average Bonchev–Trinajstić information content (AvgIpc) is 2.38. The molecule has 0 aromatic carbocycles. The lowest BCUT2D eigenvalue weighted by molar-refractivity contribution is -0.141. The normalized spacial score (nSPS) is 36.3. The first kappa shape index (κ1) is 13.8. The van der Waals surface area contributed by atoms with Crippen molar-refractivity contribution in [1.82, 2.24) is 9.80 Å². The van der Waals surface area contributed by atoms with Crippen LogP contribution in [0.15, 0.2) is 0 Å². The summed E-state index contributed by atoms with van der Waals surface area (Å²) in [5.74, 6) is 5.99. The zero-order valence-electron chi connectivity index (χ0n) is 12.0. The summed E-state index contributed by atoms with van der Waals surface area (Å²) in [5, 5.41) is 0. The van der Waals surface area contributed by atoms with E-state index < -0.39 is 0 Å². The second kappa shape index (κ2) is 5.66. The summed E-state index contributed by atoms with van der Waals surface area (Å²) in [7, 11) is 2.20. The standard InChI is InChI=1S/C14H27N3O2/c1-16-4-2-14(3-5-16)11-17(6-7-18-14)10-12-8-13(9-12)19-15/h12-13H,2-11,15H2,1H3. The molecule has 110 valence electrons. The Morgan fingerprint density at radius 2 is 2.00 bits per heavy atom. The first-order chi connectivity index (χ1) is 9.19. The van der Waals surface area contributed by atoms with Gasteiger partial charge in [-0.05, 0) is 38.6 Å². The zero-order chi connectivity index (χ0) is 13.3. The molecule has 0 radical (unpaired) electrons. The highest BCUT2D eigenvalue weighted by atomic mass is 16.6. The molecule has 1 aliphatic carbocycles. The fraction of sp³-hybridized carbons (Fsp3) is 1.00. The lowest BCUT2D eigenvalue weighted by atomic mass is 9.81. The quantitative estimate of drug-likeness (QED) is 0.754. The summed E-state index contributed by atoms with van der Waals surface area (Å²) >= 11 is 0. The zero-order valence-corrected chi connectivity index (χ0v) is 12.0. The van der Waals surface area contributed by atoms with Crippen LogP contribution in [0.25, 0.3) is 0 Å². The molecule has 0 atom stereocenters. The van der Waals surface area contributed by atoms with E-state index in [2.05, 4.69) is 16.8 Å². The number of hydrogen-bond acceptors (Lipinski definition) is 5. The highest BCUT2D eigenvalue weighted by Crippen LogP contribution is 2.33. The van der Waals surface area contributed by atoms with Gasteiger partial charge in [0.25, 0.3) is 0 Å². The largest absolute Gasteiger partial charge is 0.372 e. The third kappa shape index (κ3) is 3.11. The van der Waals surface area contributed by atoms with E-state index in [1.807, 2.05) is 0 Å². The van der Waals surface area contributed by atoms with Crippen molar-refractivity contribution in [2.45, 2.75) is 37.4 Å². The summed E-state index contributed by atoms with van der Waals surface area (Å²) in [4.78, 5) is 9.89. The maximum absolute atomic E-state index is 6.15. The number of rotatable bonds is 3. The summed E-state index contributed by atoms with van der Waals surface area (Å²) < 4.78 is 6.15. The van der Waals surface area contributed by atoms with Crippen molar-refractivity contribution in [3.8, 4) is 0 Å². The number of piperidine rings is 1. The molecule has 5 heteroatoms. The predicted molar refractivity (Wildman–Crippen MR) is 73.6 cm³/mol. The molecule has 0 aromatic heterocycles. The van der Waals surface area contributed by atoms with Crippen molar-refractivity contribution in [2.75, 3.05) is 46.4 Å². The third-order valence-corrected chi connectivity index (χ3v) is 5.13. The van der Waals surface area contributed by atoms with Gasteiger partial charge in [-0.3, -0.25) is 4.90 Å². The van der Waals surface area contributed by atoms with Crippen molar-refractivity contribution in [1.29, 1.82) is 0 Å². The Kier molecular flexibility index (Phi) is 4.10. The van der Waals surface area contributed by atoms with Crippen molar-refractivity contribution < 1.29 is 9.57 Å². The molecule has 0 amide bonds. The van der Waals surface area contributed by atoms with Gasteiger partial charge in [-0.15, -0.1) is 0 Å². The average molecular weight is 269 g/mol. The molecule has 0 aromatic rings. The smallest absolute Gasteiger partial charge is 0.0833 e. The molecule has 0 bridgehead atoms. The highest BCUT2D eigenvalue weighted by molar-refractivity contribution is 4.93.